The molecule has 1 aromatic rings. The van der Waals surface area contributed by atoms with Crippen molar-refractivity contribution in [3.8, 4) is 5.75 Å². The van der Waals surface area contributed by atoms with E-state index in [1.807, 2.05) is 0 Å². The Morgan fingerprint density at radius 2 is 2.09 bits per heavy atom. The molecule has 22 heavy (non-hydrogen) atoms. The lowest BCUT2D eigenvalue weighted by Gasteiger charge is -2.42. The fraction of sp³-hybridized carbons (Fsp3) is 0.647. The minimum absolute atomic E-state index is 0.0583. The molecule has 3 nitrogen and oxygen atoms in total. The van der Waals surface area contributed by atoms with Crippen LogP contribution in [0, 0.1) is 5.82 Å². The maximum atomic E-state index is 13.3. The van der Waals surface area contributed by atoms with E-state index in [9.17, 15) is 4.39 Å². The van der Waals surface area contributed by atoms with E-state index in [0.29, 0.717) is 6.54 Å². The average molecular weight is 326 g/mol. The lowest BCUT2D eigenvalue weighted by Crippen LogP contribution is -2.51. The number of hydrogen-bond donors (Lipinski definition) is 1. The van der Waals surface area contributed by atoms with Gasteiger partial charge in [-0.1, -0.05) is 20.8 Å². The zero-order chi connectivity index (χ0) is 16.5. The first kappa shape index (κ1) is 17.4. The molecule has 0 amide bonds. The monoisotopic (exact) mass is 325 g/mol. The molecule has 2 N–H and O–H groups in total. The minimum atomic E-state index is -1.89. The summed E-state index contributed by atoms with van der Waals surface area (Å²) in [6.45, 7) is 11.5. The minimum Gasteiger partial charge on any atom is -0.487 e. The number of benzene rings is 1. The summed E-state index contributed by atoms with van der Waals surface area (Å²) >= 11 is 0. The second-order valence-electron chi connectivity index (χ2n) is 7.60. The van der Waals surface area contributed by atoms with Crippen molar-refractivity contribution in [3.63, 3.8) is 0 Å². The van der Waals surface area contributed by atoms with Gasteiger partial charge in [-0.05, 0) is 54.7 Å². The SMILES string of the molecule is CC(C)(C)[Si](C)(C)O[C@H](CN)[C@H]1CCc2cc(F)ccc2O1. The summed E-state index contributed by atoms with van der Waals surface area (Å²) in [4.78, 5) is 0. The van der Waals surface area contributed by atoms with Gasteiger partial charge in [-0.3, -0.25) is 0 Å². The topological polar surface area (TPSA) is 44.5 Å². The van der Waals surface area contributed by atoms with Crippen LogP contribution in [0.3, 0.4) is 0 Å². The third-order valence-electron chi connectivity index (χ3n) is 4.90. The molecular formula is C17H28FNO2Si. The van der Waals surface area contributed by atoms with Crippen LogP contribution in [-0.4, -0.2) is 27.1 Å². The number of aryl methyl sites for hydroxylation is 1. The Balaban J connectivity index is 2.12. The van der Waals surface area contributed by atoms with Crippen LogP contribution in [0.15, 0.2) is 18.2 Å². The van der Waals surface area contributed by atoms with E-state index in [2.05, 4.69) is 33.9 Å². The Hall–Kier alpha value is -0.913. The third-order valence-corrected chi connectivity index (χ3v) is 9.40. The number of ether oxygens (including phenoxy) is 1. The molecule has 1 heterocycles. The summed E-state index contributed by atoms with van der Waals surface area (Å²) in [5, 5.41) is 0.135. The lowest BCUT2D eigenvalue weighted by molar-refractivity contribution is 0.0369. The molecular weight excluding hydrogens is 297 g/mol. The van der Waals surface area contributed by atoms with Crippen LogP contribution in [0.2, 0.25) is 18.1 Å². The van der Waals surface area contributed by atoms with Crippen molar-refractivity contribution in [2.24, 2.45) is 5.73 Å². The van der Waals surface area contributed by atoms with E-state index < -0.39 is 8.32 Å². The predicted molar refractivity (Wildman–Crippen MR) is 90.3 cm³/mol. The molecule has 0 saturated carbocycles. The van der Waals surface area contributed by atoms with Crippen molar-refractivity contribution in [3.05, 3.63) is 29.6 Å². The summed E-state index contributed by atoms with van der Waals surface area (Å²) in [5.74, 6) is 0.545. The highest BCUT2D eigenvalue weighted by atomic mass is 28.4. The zero-order valence-electron chi connectivity index (χ0n) is 14.3. The molecule has 0 spiro atoms. The molecule has 5 heteroatoms. The Morgan fingerprint density at radius 1 is 1.41 bits per heavy atom. The standard InChI is InChI=1S/C17H28FNO2Si/c1-17(2,3)22(4,5)21-16(11-19)15-8-6-12-10-13(18)7-9-14(12)20-15/h7,9-10,15-16H,6,8,11,19H2,1-5H3/t15-,16-/m1/s1. The molecule has 2 atom stereocenters. The quantitative estimate of drug-likeness (QED) is 0.855. The Kier molecular flexibility index (Phi) is 4.99. The molecule has 0 fully saturated rings. The van der Waals surface area contributed by atoms with Gasteiger partial charge in [0.2, 0.25) is 0 Å². The molecule has 124 valence electrons. The van der Waals surface area contributed by atoms with Crippen LogP contribution >= 0.6 is 0 Å². The van der Waals surface area contributed by atoms with Crippen molar-refractivity contribution in [1.29, 1.82) is 0 Å². The van der Waals surface area contributed by atoms with E-state index in [4.69, 9.17) is 14.9 Å². The molecule has 0 radical (unpaired) electrons. The van der Waals surface area contributed by atoms with E-state index in [-0.39, 0.29) is 23.1 Å². The van der Waals surface area contributed by atoms with Gasteiger partial charge in [0.15, 0.2) is 8.32 Å². The average Bonchev–Trinajstić information content (AvgIpc) is 2.43. The Bertz CT molecular complexity index is 528. The van der Waals surface area contributed by atoms with Crippen molar-refractivity contribution in [2.45, 2.75) is 64.0 Å². The molecule has 1 aliphatic heterocycles. The number of nitrogens with two attached hydrogens (primary N) is 1. The van der Waals surface area contributed by atoms with Gasteiger partial charge in [0.05, 0.1) is 6.10 Å². The highest BCUT2D eigenvalue weighted by Crippen LogP contribution is 2.38. The molecule has 1 aromatic carbocycles. The van der Waals surface area contributed by atoms with Gasteiger partial charge in [0.25, 0.3) is 0 Å². The fourth-order valence-electron chi connectivity index (χ4n) is 2.47. The van der Waals surface area contributed by atoms with E-state index in [1.54, 1.807) is 12.1 Å². The van der Waals surface area contributed by atoms with Crippen molar-refractivity contribution < 1.29 is 13.6 Å². The van der Waals surface area contributed by atoms with Gasteiger partial charge in [-0.25, -0.2) is 4.39 Å². The van der Waals surface area contributed by atoms with Crippen LogP contribution < -0.4 is 10.5 Å². The Morgan fingerprint density at radius 3 is 2.68 bits per heavy atom. The lowest BCUT2D eigenvalue weighted by atomic mass is 9.99. The smallest absolute Gasteiger partial charge is 0.192 e. The predicted octanol–water partition coefficient (Wildman–Crippen LogP) is 3.87. The Labute approximate surface area is 134 Å². The van der Waals surface area contributed by atoms with Crippen molar-refractivity contribution >= 4 is 8.32 Å². The van der Waals surface area contributed by atoms with Crippen LogP contribution in [0.25, 0.3) is 0 Å². The molecule has 0 unspecified atom stereocenters. The summed E-state index contributed by atoms with van der Waals surface area (Å²) in [6, 6.07) is 4.70. The summed E-state index contributed by atoms with van der Waals surface area (Å²) in [5.41, 5.74) is 6.89. The molecule has 0 aliphatic carbocycles. The normalized spacial score (nSPS) is 20.2. The van der Waals surface area contributed by atoms with Crippen LogP contribution in [-0.2, 0) is 10.8 Å². The first-order chi connectivity index (χ1) is 10.1. The summed E-state index contributed by atoms with van der Waals surface area (Å²) < 4.78 is 25.8. The second kappa shape index (κ2) is 6.30. The molecule has 0 saturated heterocycles. The zero-order valence-corrected chi connectivity index (χ0v) is 15.3. The number of fused-ring (bicyclic) bond motifs is 1. The van der Waals surface area contributed by atoms with Gasteiger partial charge in [0.1, 0.15) is 17.7 Å². The van der Waals surface area contributed by atoms with Crippen molar-refractivity contribution in [2.75, 3.05) is 6.54 Å². The molecule has 2 rings (SSSR count). The van der Waals surface area contributed by atoms with E-state index >= 15 is 0 Å². The first-order valence-electron chi connectivity index (χ1n) is 7.97. The second-order valence-corrected chi connectivity index (χ2v) is 12.4. The molecule has 0 aromatic heterocycles. The van der Waals surface area contributed by atoms with Crippen LogP contribution in [0.1, 0.15) is 32.8 Å². The summed E-state index contributed by atoms with van der Waals surface area (Å²) in [7, 11) is -1.89. The highest BCUT2D eigenvalue weighted by molar-refractivity contribution is 6.74. The van der Waals surface area contributed by atoms with Gasteiger partial charge >= 0.3 is 0 Å². The molecule has 0 bridgehead atoms. The van der Waals surface area contributed by atoms with E-state index in [0.717, 1.165) is 24.2 Å². The number of hydrogen-bond acceptors (Lipinski definition) is 3. The van der Waals surface area contributed by atoms with Gasteiger partial charge in [-0.2, -0.15) is 0 Å². The van der Waals surface area contributed by atoms with E-state index in [1.165, 1.54) is 6.07 Å². The fourth-order valence-corrected chi connectivity index (χ4v) is 3.83. The maximum Gasteiger partial charge on any atom is 0.192 e. The third kappa shape index (κ3) is 3.70. The number of halogens is 1. The van der Waals surface area contributed by atoms with Crippen LogP contribution in [0.5, 0.6) is 5.75 Å². The van der Waals surface area contributed by atoms with Crippen LogP contribution in [0.4, 0.5) is 4.39 Å². The van der Waals surface area contributed by atoms with Gasteiger partial charge in [0, 0.05) is 6.54 Å². The summed E-state index contributed by atoms with van der Waals surface area (Å²) in [6.07, 6.45) is 1.44. The largest absolute Gasteiger partial charge is 0.487 e. The maximum absolute atomic E-state index is 13.3. The van der Waals surface area contributed by atoms with Gasteiger partial charge in [-0.15, -0.1) is 0 Å². The first-order valence-corrected chi connectivity index (χ1v) is 10.9. The van der Waals surface area contributed by atoms with Crippen molar-refractivity contribution in [1.82, 2.24) is 0 Å². The molecule has 1 aliphatic rings. The highest BCUT2D eigenvalue weighted by Gasteiger charge is 2.41. The van der Waals surface area contributed by atoms with Gasteiger partial charge < -0.3 is 14.9 Å². The number of rotatable bonds is 4.